The smallest absolute Gasteiger partial charge is 0.136 e. The first-order valence-electron chi connectivity index (χ1n) is 2.45. The van der Waals surface area contributed by atoms with Gasteiger partial charge in [-0.25, -0.2) is 0 Å². The molecule has 0 heterocycles. The van der Waals surface area contributed by atoms with E-state index in [0.717, 1.165) is 8.04 Å². The van der Waals surface area contributed by atoms with E-state index in [4.69, 9.17) is 16.7 Å². The molecule has 0 fully saturated rings. The maximum absolute atomic E-state index is 9.11. The monoisotopic (exact) mass is 332 g/mol. The molecule has 0 spiro atoms. The van der Waals surface area contributed by atoms with Gasteiger partial charge in [0.1, 0.15) is 5.75 Å². The maximum atomic E-state index is 9.11. The second-order valence-corrected chi connectivity index (χ2v) is 4.18. The highest BCUT2D eigenvalue weighted by molar-refractivity contribution is 14.1. The van der Waals surface area contributed by atoms with E-state index >= 15 is 0 Å². The second kappa shape index (κ2) is 3.28. The fourth-order valence-corrected chi connectivity index (χ4v) is 2.14. The SMILES string of the molecule is Oc1cc(Br)cc(I)c1Cl. The normalized spacial score (nSPS) is 9.90. The Kier molecular flexibility index (Phi) is 2.82. The Labute approximate surface area is 85.7 Å². The number of phenolic OH excluding ortho intramolecular Hbond substituents is 1. The largest absolute Gasteiger partial charge is 0.506 e. The van der Waals surface area contributed by atoms with Crippen LogP contribution in [0.15, 0.2) is 16.6 Å². The average molecular weight is 333 g/mol. The number of halogens is 3. The maximum Gasteiger partial charge on any atom is 0.136 e. The highest BCUT2D eigenvalue weighted by atomic mass is 127. The van der Waals surface area contributed by atoms with Gasteiger partial charge in [0.05, 0.1) is 5.02 Å². The van der Waals surface area contributed by atoms with Gasteiger partial charge in [-0.2, -0.15) is 0 Å². The predicted octanol–water partition coefficient (Wildman–Crippen LogP) is 3.41. The van der Waals surface area contributed by atoms with E-state index in [1.165, 1.54) is 0 Å². The number of benzene rings is 1. The van der Waals surface area contributed by atoms with Gasteiger partial charge >= 0.3 is 0 Å². The van der Waals surface area contributed by atoms with Crippen molar-refractivity contribution >= 4 is 50.1 Å². The number of rotatable bonds is 0. The first kappa shape index (κ1) is 8.62. The Morgan fingerprint density at radius 3 is 2.60 bits per heavy atom. The van der Waals surface area contributed by atoms with Gasteiger partial charge in [-0.15, -0.1) is 0 Å². The van der Waals surface area contributed by atoms with E-state index in [1.54, 1.807) is 6.07 Å². The van der Waals surface area contributed by atoms with Crippen molar-refractivity contribution in [3.8, 4) is 5.75 Å². The van der Waals surface area contributed by atoms with E-state index in [2.05, 4.69) is 38.5 Å². The summed E-state index contributed by atoms with van der Waals surface area (Å²) < 4.78 is 1.67. The van der Waals surface area contributed by atoms with Gasteiger partial charge in [0.25, 0.3) is 0 Å². The van der Waals surface area contributed by atoms with E-state index < -0.39 is 0 Å². The Hall–Kier alpha value is 0.520. The molecule has 54 valence electrons. The molecule has 0 atom stereocenters. The summed E-state index contributed by atoms with van der Waals surface area (Å²) in [7, 11) is 0. The zero-order valence-corrected chi connectivity index (χ0v) is 9.24. The lowest BCUT2D eigenvalue weighted by molar-refractivity contribution is 0.475. The van der Waals surface area contributed by atoms with Crippen LogP contribution in [-0.4, -0.2) is 5.11 Å². The molecule has 0 bridgehead atoms. The van der Waals surface area contributed by atoms with Gasteiger partial charge in [0.15, 0.2) is 0 Å². The lowest BCUT2D eigenvalue weighted by Gasteiger charge is -1.98. The standard InChI is InChI=1S/C6H3BrClIO/c7-3-1-4(9)6(8)5(10)2-3/h1-2,10H. The van der Waals surface area contributed by atoms with Crippen molar-refractivity contribution in [2.45, 2.75) is 0 Å². The van der Waals surface area contributed by atoms with Crippen LogP contribution in [0.4, 0.5) is 0 Å². The third kappa shape index (κ3) is 1.77. The fraction of sp³-hybridized carbons (Fsp3) is 0. The molecule has 0 aromatic heterocycles. The first-order valence-corrected chi connectivity index (χ1v) is 4.69. The molecular weight excluding hydrogens is 330 g/mol. The predicted molar refractivity (Wildman–Crippen MR) is 53.5 cm³/mol. The molecule has 0 aliphatic rings. The minimum atomic E-state index is 0.112. The molecule has 0 saturated carbocycles. The van der Waals surface area contributed by atoms with Crippen molar-refractivity contribution in [1.29, 1.82) is 0 Å². The van der Waals surface area contributed by atoms with Gasteiger partial charge < -0.3 is 5.11 Å². The van der Waals surface area contributed by atoms with Crippen molar-refractivity contribution in [1.82, 2.24) is 0 Å². The van der Waals surface area contributed by atoms with Gasteiger partial charge in [-0.3, -0.25) is 0 Å². The topological polar surface area (TPSA) is 20.2 Å². The van der Waals surface area contributed by atoms with E-state index in [1.807, 2.05) is 6.07 Å². The molecule has 10 heavy (non-hydrogen) atoms. The number of aromatic hydroxyl groups is 1. The Morgan fingerprint density at radius 1 is 1.50 bits per heavy atom. The molecule has 1 aromatic rings. The molecule has 0 aliphatic heterocycles. The third-order valence-electron chi connectivity index (χ3n) is 0.974. The molecule has 0 unspecified atom stereocenters. The Bertz CT molecular complexity index is 241. The van der Waals surface area contributed by atoms with Crippen LogP contribution in [0.3, 0.4) is 0 Å². The molecule has 0 saturated heterocycles. The Balaban J connectivity index is 3.31. The fourth-order valence-electron chi connectivity index (χ4n) is 0.542. The summed E-state index contributed by atoms with van der Waals surface area (Å²) in [6.45, 7) is 0. The van der Waals surface area contributed by atoms with Crippen LogP contribution < -0.4 is 0 Å². The third-order valence-corrected chi connectivity index (χ3v) is 3.00. The van der Waals surface area contributed by atoms with Gasteiger partial charge in [0, 0.05) is 8.04 Å². The highest BCUT2D eigenvalue weighted by Crippen LogP contribution is 2.31. The number of phenols is 1. The number of hydrogen-bond acceptors (Lipinski definition) is 1. The van der Waals surface area contributed by atoms with Gasteiger partial charge in [-0.1, -0.05) is 27.5 Å². The van der Waals surface area contributed by atoms with Crippen molar-refractivity contribution in [2.24, 2.45) is 0 Å². The highest BCUT2D eigenvalue weighted by Gasteiger charge is 2.03. The molecule has 0 amide bonds. The van der Waals surface area contributed by atoms with Crippen molar-refractivity contribution in [2.75, 3.05) is 0 Å². The van der Waals surface area contributed by atoms with Crippen molar-refractivity contribution in [3.63, 3.8) is 0 Å². The van der Waals surface area contributed by atoms with Crippen LogP contribution in [0.5, 0.6) is 5.75 Å². The van der Waals surface area contributed by atoms with E-state index in [0.29, 0.717) is 5.02 Å². The van der Waals surface area contributed by atoms with Crippen LogP contribution >= 0.6 is 50.1 Å². The summed E-state index contributed by atoms with van der Waals surface area (Å²) in [6.07, 6.45) is 0. The Morgan fingerprint density at radius 2 is 2.10 bits per heavy atom. The van der Waals surface area contributed by atoms with Crippen molar-refractivity contribution in [3.05, 3.63) is 25.2 Å². The minimum absolute atomic E-state index is 0.112. The summed E-state index contributed by atoms with van der Waals surface area (Å²) in [5.41, 5.74) is 0. The summed E-state index contributed by atoms with van der Waals surface area (Å²) in [5, 5.41) is 9.52. The number of hydrogen-bond donors (Lipinski definition) is 1. The summed E-state index contributed by atoms with van der Waals surface area (Å²) in [4.78, 5) is 0. The molecule has 4 heteroatoms. The quantitative estimate of drug-likeness (QED) is 0.570. The van der Waals surface area contributed by atoms with Crippen LogP contribution in [0.1, 0.15) is 0 Å². The molecule has 1 N–H and O–H groups in total. The zero-order valence-electron chi connectivity index (χ0n) is 4.74. The van der Waals surface area contributed by atoms with Gasteiger partial charge in [0.2, 0.25) is 0 Å². The minimum Gasteiger partial charge on any atom is -0.506 e. The molecule has 1 rings (SSSR count). The van der Waals surface area contributed by atoms with Gasteiger partial charge in [-0.05, 0) is 34.7 Å². The van der Waals surface area contributed by atoms with Crippen LogP contribution in [0, 0.1) is 3.57 Å². The lowest BCUT2D eigenvalue weighted by Crippen LogP contribution is -1.75. The average Bonchev–Trinajstić information content (AvgIpc) is 1.82. The molecule has 0 aliphatic carbocycles. The van der Waals surface area contributed by atoms with Crippen LogP contribution in [0.2, 0.25) is 5.02 Å². The summed E-state index contributed by atoms with van der Waals surface area (Å²) in [5.74, 6) is 0.112. The zero-order chi connectivity index (χ0) is 7.72. The molecule has 1 aromatic carbocycles. The second-order valence-electron chi connectivity index (χ2n) is 1.72. The summed E-state index contributed by atoms with van der Waals surface area (Å²) >= 11 is 10.9. The van der Waals surface area contributed by atoms with Crippen molar-refractivity contribution < 1.29 is 5.11 Å². The van der Waals surface area contributed by atoms with Crippen LogP contribution in [0.25, 0.3) is 0 Å². The lowest BCUT2D eigenvalue weighted by atomic mass is 10.3. The van der Waals surface area contributed by atoms with E-state index in [9.17, 15) is 0 Å². The molecule has 0 radical (unpaired) electrons. The molecule has 1 nitrogen and oxygen atoms in total. The molecular formula is C6H3BrClIO. The van der Waals surface area contributed by atoms with Crippen LogP contribution in [-0.2, 0) is 0 Å². The first-order chi connectivity index (χ1) is 4.61. The summed E-state index contributed by atoms with van der Waals surface area (Å²) in [6, 6.07) is 3.40. The van der Waals surface area contributed by atoms with E-state index in [-0.39, 0.29) is 5.75 Å².